The maximum Gasteiger partial charge on any atom is 0.126 e. The van der Waals surface area contributed by atoms with Crippen LogP contribution in [0.4, 0.5) is 0 Å². The van der Waals surface area contributed by atoms with E-state index in [9.17, 15) is 0 Å². The second-order valence-electron chi connectivity index (χ2n) is 4.22. The highest BCUT2D eigenvalue weighted by Gasteiger charge is 2.50. The molecule has 1 N–H and O–H groups in total. The van der Waals surface area contributed by atoms with Crippen molar-refractivity contribution in [1.29, 1.82) is 4.78 Å². The van der Waals surface area contributed by atoms with Crippen LogP contribution in [-0.2, 0) is 10.9 Å². The first kappa shape index (κ1) is 11.5. The van der Waals surface area contributed by atoms with Gasteiger partial charge in [0.2, 0.25) is 0 Å². The van der Waals surface area contributed by atoms with E-state index < -0.39 is 15.2 Å². The first-order valence-corrected chi connectivity index (χ1v) is 6.05. The van der Waals surface area contributed by atoms with E-state index in [0.717, 1.165) is 6.42 Å². The summed E-state index contributed by atoms with van der Waals surface area (Å²) in [6.45, 7) is 6.01. The van der Waals surface area contributed by atoms with Gasteiger partial charge in [0, 0.05) is 27.8 Å². The Hall–Kier alpha value is 0.400. The van der Waals surface area contributed by atoms with Crippen LogP contribution in [0.5, 0.6) is 0 Å². The standard InChI is InChI=1S/C8H14Cl2N2S/c1-7(2,3)13(11)12-5-6-4-8(6,9)10/h5-6,11H,4H2,1-3H3/t6?,13-/m0/s1. The number of nitrogens with one attached hydrogen (secondary N) is 1. The number of rotatable bonds is 2. The third-order valence-electron chi connectivity index (χ3n) is 1.80. The van der Waals surface area contributed by atoms with Crippen LogP contribution >= 0.6 is 23.2 Å². The van der Waals surface area contributed by atoms with E-state index >= 15 is 0 Å². The molecule has 13 heavy (non-hydrogen) atoms. The molecule has 1 aliphatic rings. The van der Waals surface area contributed by atoms with Crippen LogP contribution < -0.4 is 0 Å². The van der Waals surface area contributed by atoms with Crippen molar-refractivity contribution in [1.82, 2.24) is 0 Å². The minimum absolute atomic E-state index is 0.0906. The molecule has 0 aromatic carbocycles. The van der Waals surface area contributed by atoms with Crippen LogP contribution in [-0.4, -0.2) is 15.3 Å². The van der Waals surface area contributed by atoms with Gasteiger partial charge in [0.15, 0.2) is 0 Å². The van der Waals surface area contributed by atoms with Crippen LogP contribution in [0.3, 0.4) is 0 Å². The molecule has 0 aliphatic heterocycles. The highest BCUT2D eigenvalue weighted by atomic mass is 35.5. The Morgan fingerprint density at radius 2 is 2.00 bits per heavy atom. The fourth-order valence-corrected chi connectivity index (χ4v) is 1.72. The van der Waals surface area contributed by atoms with Crippen molar-refractivity contribution < 1.29 is 0 Å². The van der Waals surface area contributed by atoms with E-state index in [-0.39, 0.29) is 10.7 Å². The van der Waals surface area contributed by atoms with Gasteiger partial charge in [-0.15, -0.1) is 23.2 Å². The zero-order valence-corrected chi connectivity index (χ0v) is 10.3. The third kappa shape index (κ3) is 3.22. The Morgan fingerprint density at radius 1 is 1.54 bits per heavy atom. The second-order valence-corrected chi connectivity index (χ2v) is 7.77. The quantitative estimate of drug-likeness (QED) is 0.568. The van der Waals surface area contributed by atoms with Gasteiger partial charge >= 0.3 is 0 Å². The van der Waals surface area contributed by atoms with Gasteiger partial charge in [-0.3, -0.25) is 4.78 Å². The molecule has 1 unspecified atom stereocenters. The average Bonchev–Trinajstić information content (AvgIpc) is 2.52. The Labute approximate surface area is 91.7 Å². The molecule has 2 nitrogen and oxygen atoms in total. The van der Waals surface area contributed by atoms with Crippen LogP contribution in [0.15, 0.2) is 4.40 Å². The van der Waals surface area contributed by atoms with Crippen molar-refractivity contribution in [2.75, 3.05) is 0 Å². The van der Waals surface area contributed by atoms with Crippen LogP contribution in [0.1, 0.15) is 27.2 Å². The molecular weight excluding hydrogens is 227 g/mol. The van der Waals surface area contributed by atoms with Crippen LogP contribution in [0.25, 0.3) is 0 Å². The lowest BCUT2D eigenvalue weighted by atomic mass is 10.3. The van der Waals surface area contributed by atoms with E-state index in [0.29, 0.717) is 0 Å². The SMILES string of the molecule is CC(C)(C)[S@@](=N)N=CC1CC1(Cl)Cl. The molecule has 1 fully saturated rings. The summed E-state index contributed by atoms with van der Waals surface area (Å²) in [7, 11) is -0.699. The predicted octanol–water partition coefficient (Wildman–Crippen LogP) is 3.35. The van der Waals surface area contributed by atoms with Gasteiger partial charge in [0.25, 0.3) is 0 Å². The number of hydrogen-bond donors (Lipinski definition) is 1. The fraction of sp³-hybridized carbons (Fsp3) is 0.875. The zero-order chi connectivity index (χ0) is 10.3. The van der Waals surface area contributed by atoms with Crippen molar-refractivity contribution in [3.63, 3.8) is 0 Å². The lowest BCUT2D eigenvalue weighted by Gasteiger charge is -2.16. The van der Waals surface area contributed by atoms with Crippen LogP contribution in [0, 0.1) is 10.7 Å². The Balaban J connectivity index is 2.47. The van der Waals surface area contributed by atoms with Crippen molar-refractivity contribution in [2.45, 2.75) is 36.3 Å². The monoisotopic (exact) mass is 240 g/mol. The van der Waals surface area contributed by atoms with Gasteiger partial charge in [-0.2, -0.15) is 0 Å². The average molecular weight is 241 g/mol. The molecule has 2 atom stereocenters. The molecule has 0 heterocycles. The normalized spacial score (nSPS) is 29.2. The highest BCUT2D eigenvalue weighted by molar-refractivity contribution is 7.86. The van der Waals surface area contributed by atoms with E-state index in [1.807, 2.05) is 20.8 Å². The summed E-state index contributed by atoms with van der Waals surface area (Å²) in [5.74, 6) is 0.151. The smallest absolute Gasteiger partial charge is 0.126 e. The number of alkyl halides is 2. The summed E-state index contributed by atoms with van der Waals surface area (Å²) in [6.07, 6.45) is 2.50. The predicted molar refractivity (Wildman–Crippen MR) is 60.9 cm³/mol. The molecular formula is C8H14Cl2N2S. The van der Waals surface area contributed by atoms with Gasteiger partial charge in [-0.25, -0.2) is 4.40 Å². The maximum absolute atomic E-state index is 7.72. The van der Waals surface area contributed by atoms with Crippen LogP contribution in [0.2, 0.25) is 0 Å². The largest absolute Gasteiger partial charge is 0.259 e. The lowest BCUT2D eigenvalue weighted by Crippen LogP contribution is -2.18. The fourth-order valence-electron chi connectivity index (χ4n) is 0.688. The van der Waals surface area contributed by atoms with Gasteiger partial charge < -0.3 is 0 Å². The molecule has 0 radical (unpaired) electrons. The van der Waals surface area contributed by atoms with Gasteiger partial charge in [-0.05, 0) is 27.2 Å². The lowest BCUT2D eigenvalue weighted by molar-refractivity contribution is 0.793. The molecule has 0 amide bonds. The molecule has 76 valence electrons. The zero-order valence-electron chi connectivity index (χ0n) is 7.97. The summed E-state index contributed by atoms with van der Waals surface area (Å²) < 4.78 is 11.2. The van der Waals surface area contributed by atoms with Crippen molar-refractivity contribution in [3.05, 3.63) is 0 Å². The topological polar surface area (TPSA) is 36.2 Å². The summed E-state index contributed by atoms with van der Waals surface area (Å²) in [5.41, 5.74) is 0. The van der Waals surface area contributed by atoms with E-state index in [4.69, 9.17) is 28.0 Å². The molecule has 0 bridgehead atoms. The summed E-state index contributed by atoms with van der Waals surface area (Å²) in [5, 5.41) is 0. The van der Waals surface area contributed by atoms with Crippen molar-refractivity contribution in [2.24, 2.45) is 10.3 Å². The highest BCUT2D eigenvalue weighted by Crippen LogP contribution is 2.52. The first-order valence-electron chi connectivity index (χ1n) is 4.11. The maximum atomic E-state index is 7.72. The van der Waals surface area contributed by atoms with Crippen molar-refractivity contribution in [3.8, 4) is 0 Å². The molecule has 0 aromatic rings. The summed E-state index contributed by atoms with van der Waals surface area (Å²) in [4.78, 5) is 0. The van der Waals surface area contributed by atoms with E-state index in [1.54, 1.807) is 6.21 Å². The summed E-state index contributed by atoms with van der Waals surface area (Å²) in [6, 6.07) is 0. The second kappa shape index (κ2) is 3.52. The Morgan fingerprint density at radius 3 is 2.31 bits per heavy atom. The first-order chi connectivity index (χ1) is 5.73. The molecule has 0 saturated heterocycles. The molecule has 1 saturated carbocycles. The molecule has 0 spiro atoms. The van der Waals surface area contributed by atoms with E-state index in [1.165, 1.54) is 0 Å². The number of nitrogens with zero attached hydrogens (tertiary/aromatic N) is 1. The Kier molecular flexibility index (Phi) is 3.11. The van der Waals surface area contributed by atoms with Gasteiger partial charge in [0.1, 0.15) is 4.33 Å². The number of hydrogen-bond acceptors (Lipinski definition) is 1. The van der Waals surface area contributed by atoms with Gasteiger partial charge in [0.05, 0.1) is 0 Å². The van der Waals surface area contributed by atoms with Crippen molar-refractivity contribution >= 4 is 40.3 Å². The minimum atomic E-state index is -0.699. The molecule has 1 rings (SSSR count). The molecule has 0 aromatic heterocycles. The third-order valence-corrected chi connectivity index (χ3v) is 4.16. The molecule has 5 heteroatoms. The molecule has 1 aliphatic carbocycles. The van der Waals surface area contributed by atoms with Gasteiger partial charge in [-0.1, -0.05) is 0 Å². The minimum Gasteiger partial charge on any atom is -0.259 e. The van der Waals surface area contributed by atoms with E-state index in [2.05, 4.69) is 4.40 Å². The number of halogens is 2. The summed E-state index contributed by atoms with van der Waals surface area (Å²) >= 11 is 11.6. The Bertz CT molecular complexity index is 255.